The Balaban J connectivity index is 1.35. The van der Waals surface area contributed by atoms with Crippen LogP contribution in [0.4, 0.5) is 5.69 Å². The highest BCUT2D eigenvalue weighted by Crippen LogP contribution is 2.22. The zero-order valence-electron chi connectivity index (χ0n) is 17.0. The van der Waals surface area contributed by atoms with E-state index in [-0.39, 0.29) is 11.6 Å². The molecule has 0 spiro atoms. The van der Waals surface area contributed by atoms with Gasteiger partial charge in [0.15, 0.2) is 11.6 Å². The number of ketones is 2. The molecule has 2 aromatic heterocycles. The maximum atomic E-state index is 12.0. The van der Waals surface area contributed by atoms with Crippen LogP contribution in [0.25, 0.3) is 6.08 Å². The monoisotopic (exact) mass is 390 g/mol. The number of allylic oxidation sites excluding steroid dienone is 1. The molecule has 0 amide bonds. The van der Waals surface area contributed by atoms with Crippen molar-refractivity contribution in [1.29, 1.82) is 0 Å². The molecule has 1 fully saturated rings. The third-order valence-electron chi connectivity index (χ3n) is 5.70. The van der Waals surface area contributed by atoms with E-state index in [1.54, 1.807) is 6.20 Å². The minimum atomic E-state index is 0.0763. The summed E-state index contributed by atoms with van der Waals surface area (Å²) < 4.78 is 0. The van der Waals surface area contributed by atoms with E-state index < -0.39 is 0 Å². The summed E-state index contributed by atoms with van der Waals surface area (Å²) >= 11 is 0. The second-order valence-corrected chi connectivity index (χ2v) is 7.76. The number of hydrogen-bond acceptors (Lipinski definition) is 6. The smallest absolute Gasteiger partial charge is 0.180 e. The van der Waals surface area contributed by atoms with Crippen molar-refractivity contribution in [3.8, 4) is 0 Å². The number of hydrogen-bond donors (Lipinski definition) is 0. The van der Waals surface area contributed by atoms with Crippen LogP contribution in [0.5, 0.6) is 0 Å². The Kier molecular flexibility index (Phi) is 5.53. The summed E-state index contributed by atoms with van der Waals surface area (Å²) in [5, 5.41) is 0. The maximum absolute atomic E-state index is 12.0. The Hall–Kier alpha value is -2.86. The van der Waals surface area contributed by atoms with E-state index in [0.29, 0.717) is 18.5 Å². The van der Waals surface area contributed by atoms with Crippen LogP contribution in [0.15, 0.2) is 36.2 Å². The summed E-state index contributed by atoms with van der Waals surface area (Å²) in [7, 11) is 0. The third kappa shape index (κ3) is 4.27. The van der Waals surface area contributed by atoms with E-state index in [1.807, 2.05) is 38.3 Å². The lowest BCUT2D eigenvalue weighted by Crippen LogP contribution is -2.46. The molecular weight excluding hydrogens is 364 g/mol. The zero-order chi connectivity index (χ0) is 20.4. The van der Waals surface area contributed by atoms with E-state index in [9.17, 15) is 9.59 Å². The van der Waals surface area contributed by atoms with E-state index in [4.69, 9.17) is 0 Å². The topological polar surface area (TPSA) is 66.4 Å². The number of fused-ring (bicyclic) bond motifs is 1. The zero-order valence-corrected chi connectivity index (χ0v) is 17.0. The lowest BCUT2D eigenvalue weighted by atomic mass is 9.94. The normalized spacial score (nSPS) is 17.1. The number of nitrogens with zero attached hydrogens (tertiary/aromatic N) is 4. The Morgan fingerprint density at radius 1 is 1.10 bits per heavy atom. The molecule has 0 saturated carbocycles. The molecule has 1 aliphatic heterocycles. The van der Waals surface area contributed by atoms with Gasteiger partial charge in [-0.3, -0.25) is 24.5 Å². The number of anilines is 1. The van der Waals surface area contributed by atoms with Crippen LogP contribution in [-0.4, -0.2) is 52.6 Å². The molecule has 0 radical (unpaired) electrons. The minimum Gasteiger partial charge on any atom is -0.368 e. The van der Waals surface area contributed by atoms with Crippen molar-refractivity contribution >= 4 is 23.3 Å². The molecule has 6 nitrogen and oxygen atoms in total. The van der Waals surface area contributed by atoms with Crippen molar-refractivity contribution < 1.29 is 9.59 Å². The van der Waals surface area contributed by atoms with Crippen LogP contribution < -0.4 is 4.90 Å². The van der Waals surface area contributed by atoms with Crippen molar-refractivity contribution in [1.82, 2.24) is 14.9 Å². The van der Waals surface area contributed by atoms with Crippen LogP contribution in [0.2, 0.25) is 0 Å². The van der Waals surface area contributed by atoms with Crippen LogP contribution >= 0.6 is 0 Å². The molecule has 3 heterocycles. The van der Waals surface area contributed by atoms with Gasteiger partial charge in [0, 0.05) is 51.8 Å². The van der Waals surface area contributed by atoms with Gasteiger partial charge in [0.2, 0.25) is 0 Å². The maximum Gasteiger partial charge on any atom is 0.180 e. The molecule has 150 valence electrons. The predicted octanol–water partition coefficient (Wildman–Crippen LogP) is 2.92. The Morgan fingerprint density at radius 3 is 2.59 bits per heavy atom. The molecule has 2 aliphatic rings. The van der Waals surface area contributed by atoms with Gasteiger partial charge in [-0.15, -0.1) is 0 Å². The van der Waals surface area contributed by atoms with Gasteiger partial charge in [0.25, 0.3) is 0 Å². The van der Waals surface area contributed by atoms with E-state index in [1.165, 1.54) is 0 Å². The number of pyridine rings is 2. The molecule has 2 aromatic rings. The van der Waals surface area contributed by atoms with E-state index >= 15 is 0 Å². The largest absolute Gasteiger partial charge is 0.368 e. The second-order valence-electron chi connectivity index (χ2n) is 7.76. The molecule has 0 bridgehead atoms. The third-order valence-corrected chi connectivity index (χ3v) is 5.70. The Morgan fingerprint density at radius 2 is 1.90 bits per heavy atom. The van der Waals surface area contributed by atoms with Gasteiger partial charge < -0.3 is 4.90 Å². The molecule has 1 aliphatic carbocycles. The van der Waals surface area contributed by atoms with Crippen molar-refractivity contribution in [2.75, 3.05) is 31.1 Å². The van der Waals surface area contributed by atoms with Crippen LogP contribution in [0.3, 0.4) is 0 Å². The molecule has 0 aromatic carbocycles. The van der Waals surface area contributed by atoms with Gasteiger partial charge in [-0.05, 0) is 41.8 Å². The van der Waals surface area contributed by atoms with Gasteiger partial charge in [0.1, 0.15) is 5.69 Å². The van der Waals surface area contributed by atoms with E-state index in [2.05, 4.69) is 25.8 Å². The fourth-order valence-corrected chi connectivity index (χ4v) is 3.87. The van der Waals surface area contributed by atoms with Gasteiger partial charge in [0.05, 0.1) is 17.6 Å². The molecule has 4 rings (SSSR count). The highest BCUT2D eigenvalue weighted by atomic mass is 16.1. The fraction of sp³-hybridized carbons (Fsp3) is 0.391. The number of rotatable bonds is 5. The number of piperazine rings is 1. The average Bonchev–Trinajstić information content (AvgIpc) is 2.75. The minimum absolute atomic E-state index is 0.0763. The molecule has 0 unspecified atom stereocenters. The van der Waals surface area contributed by atoms with Crippen LogP contribution in [0, 0.1) is 0 Å². The van der Waals surface area contributed by atoms with Crippen LogP contribution in [-0.2, 0) is 17.8 Å². The lowest BCUT2D eigenvalue weighted by Gasteiger charge is -2.36. The average molecular weight is 390 g/mol. The highest BCUT2D eigenvalue weighted by Gasteiger charge is 2.20. The molecule has 6 heteroatoms. The summed E-state index contributed by atoms with van der Waals surface area (Å²) in [5.41, 5.74) is 5.50. The first-order valence-electron chi connectivity index (χ1n) is 10.2. The highest BCUT2D eigenvalue weighted by molar-refractivity contribution is 6.02. The molecule has 29 heavy (non-hydrogen) atoms. The lowest BCUT2D eigenvalue weighted by molar-refractivity contribution is -0.114. The van der Waals surface area contributed by atoms with Gasteiger partial charge in [-0.1, -0.05) is 13.0 Å². The first-order valence-corrected chi connectivity index (χ1v) is 10.2. The Bertz CT molecular complexity index is 957. The molecule has 0 atom stereocenters. The van der Waals surface area contributed by atoms with Crippen molar-refractivity contribution in [3.05, 3.63) is 58.7 Å². The number of aromatic nitrogens is 2. The summed E-state index contributed by atoms with van der Waals surface area (Å²) in [4.78, 5) is 37.3. The number of carbonyl (C=O) groups excluding carboxylic acids is 2. The van der Waals surface area contributed by atoms with Gasteiger partial charge in [-0.25, -0.2) is 0 Å². The van der Waals surface area contributed by atoms with Crippen molar-refractivity contribution in [3.63, 3.8) is 0 Å². The SMILES string of the molecule is CCC(=O)c1ccc(N2CCN(Cc3cnc4c(c3)CC(=O)C(C)=C4)CC2)cn1. The quantitative estimate of drug-likeness (QED) is 0.732. The summed E-state index contributed by atoms with van der Waals surface area (Å²) in [5.74, 6) is 0.262. The van der Waals surface area contributed by atoms with E-state index in [0.717, 1.165) is 60.8 Å². The predicted molar refractivity (Wildman–Crippen MR) is 113 cm³/mol. The Labute approximate surface area is 171 Å². The van der Waals surface area contributed by atoms with Crippen LogP contribution in [0.1, 0.15) is 47.6 Å². The molecular formula is C23H26N4O2. The standard InChI is InChI=1S/C23H26N4O2/c1-3-22(28)20-5-4-19(14-25-20)27-8-6-26(7-9-27)15-17-11-18-12-23(29)16(2)10-21(18)24-13-17/h4-5,10-11,13-14H,3,6-9,12,15H2,1-2H3. The van der Waals surface area contributed by atoms with Gasteiger partial charge in [-0.2, -0.15) is 0 Å². The summed E-state index contributed by atoms with van der Waals surface area (Å²) in [6.45, 7) is 8.28. The summed E-state index contributed by atoms with van der Waals surface area (Å²) in [6, 6.07) is 5.94. The first kappa shape index (κ1) is 19.5. The molecule has 1 saturated heterocycles. The number of carbonyl (C=O) groups is 2. The summed E-state index contributed by atoms with van der Waals surface area (Å²) in [6.07, 6.45) is 6.55. The second kappa shape index (κ2) is 8.25. The fourth-order valence-electron chi connectivity index (χ4n) is 3.87. The molecule has 0 N–H and O–H groups in total. The number of Topliss-reactive ketones (excluding diaryl/α,β-unsaturated/α-hetero) is 2. The van der Waals surface area contributed by atoms with Gasteiger partial charge >= 0.3 is 0 Å². The van der Waals surface area contributed by atoms with Crippen molar-refractivity contribution in [2.24, 2.45) is 0 Å². The van der Waals surface area contributed by atoms with Crippen molar-refractivity contribution in [2.45, 2.75) is 33.2 Å². The first-order chi connectivity index (χ1) is 14.0.